The Labute approximate surface area is 164 Å². The molecule has 28 heavy (non-hydrogen) atoms. The van der Waals surface area contributed by atoms with Crippen molar-refractivity contribution in [1.82, 2.24) is 0 Å². The first-order valence-corrected chi connectivity index (χ1v) is 8.96. The van der Waals surface area contributed by atoms with Crippen LogP contribution in [0.4, 0.5) is 5.69 Å². The zero-order valence-electron chi connectivity index (χ0n) is 16.6. The molecule has 8 heteroatoms. The summed E-state index contributed by atoms with van der Waals surface area (Å²) in [6.07, 6.45) is 4.71. The first-order chi connectivity index (χ1) is 13.4. The van der Waals surface area contributed by atoms with Gasteiger partial charge in [0.15, 0.2) is 17.1 Å². The Kier molecular flexibility index (Phi) is 9.51. The predicted octanol–water partition coefficient (Wildman–Crippen LogP) is 3.68. The molecule has 152 valence electrons. The van der Waals surface area contributed by atoms with Gasteiger partial charge in [-0.1, -0.05) is 38.0 Å². The fourth-order valence-corrected chi connectivity index (χ4v) is 2.49. The monoisotopic (exact) mass is 391 g/mol. The Bertz CT molecular complexity index is 790. The van der Waals surface area contributed by atoms with Crippen LogP contribution in [0.15, 0.2) is 6.07 Å². The highest BCUT2D eigenvalue weighted by Crippen LogP contribution is 2.41. The molecule has 1 aromatic carbocycles. The number of carbonyl (C=O) groups excluding carboxylic acids is 2. The predicted molar refractivity (Wildman–Crippen MR) is 103 cm³/mol. The third-order valence-electron chi connectivity index (χ3n) is 3.82. The fraction of sp³-hybridized carbons (Fsp3) is 0.500. The van der Waals surface area contributed by atoms with Crippen LogP contribution in [0, 0.1) is 22.0 Å². The average Bonchev–Trinajstić information content (AvgIpc) is 2.67. The van der Waals surface area contributed by atoms with Crippen LogP contribution in [0.5, 0.6) is 11.5 Å². The molecule has 0 aliphatic heterocycles. The van der Waals surface area contributed by atoms with Crippen LogP contribution in [0.3, 0.4) is 0 Å². The molecular weight excluding hydrogens is 366 g/mol. The molecule has 0 spiro atoms. The summed E-state index contributed by atoms with van der Waals surface area (Å²) < 4.78 is 15.1. The van der Waals surface area contributed by atoms with E-state index in [1.807, 2.05) is 0 Å². The molecule has 0 saturated heterocycles. The van der Waals surface area contributed by atoms with Crippen molar-refractivity contribution in [3.8, 4) is 23.3 Å². The lowest BCUT2D eigenvalue weighted by atomic mass is 10.0. The molecule has 1 rings (SSSR count). The average molecular weight is 391 g/mol. The lowest BCUT2D eigenvalue weighted by molar-refractivity contribution is -0.386. The third-order valence-corrected chi connectivity index (χ3v) is 3.82. The van der Waals surface area contributed by atoms with E-state index >= 15 is 0 Å². The number of hydrogen-bond acceptors (Lipinski definition) is 7. The smallest absolute Gasteiger partial charge is 0.347 e. The minimum absolute atomic E-state index is 0.0765. The zero-order chi connectivity index (χ0) is 21.1. The second-order valence-electron chi connectivity index (χ2n) is 6.03. The van der Waals surface area contributed by atoms with E-state index in [9.17, 15) is 19.7 Å². The summed E-state index contributed by atoms with van der Waals surface area (Å²) in [6, 6.07) is 1.40. The van der Waals surface area contributed by atoms with Crippen LogP contribution in [-0.4, -0.2) is 37.5 Å². The zero-order valence-corrected chi connectivity index (χ0v) is 16.6. The van der Waals surface area contributed by atoms with Crippen LogP contribution in [0.1, 0.15) is 61.9 Å². The molecule has 0 bridgehead atoms. The van der Waals surface area contributed by atoms with Crippen molar-refractivity contribution >= 4 is 17.4 Å². The van der Waals surface area contributed by atoms with E-state index in [1.54, 1.807) is 0 Å². The number of methoxy groups -OCH3 is 2. The van der Waals surface area contributed by atoms with Gasteiger partial charge in [-0.2, -0.15) is 0 Å². The number of nitrogens with zero attached hydrogens (tertiary/aromatic N) is 1. The topological polar surface area (TPSA) is 105 Å². The number of Topliss-reactive ketones (excluding diaryl/α,β-unsaturated/α-hetero) is 1. The highest BCUT2D eigenvalue weighted by atomic mass is 16.6. The second kappa shape index (κ2) is 11.6. The Morgan fingerprint density at radius 1 is 1.18 bits per heavy atom. The number of unbranched alkanes of at least 4 members (excludes halogenated alkanes) is 4. The SMILES string of the molecule is CCCCCCC#Cc1cc(OC)c(OC)c([N+](=O)[O-])c1C(=O)OCC(C)=O. The highest BCUT2D eigenvalue weighted by Gasteiger charge is 2.33. The lowest BCUT2D eigenvalue weighted by Gasteiger charge is -2.12. The van der Waals surface area contributed by atoms with E-state index in [1.165, 1.54) is 27.2 Å². The fourth-order valence-electron chi connectivity index (χ4n) is 2.49. The number of esters is 1. The minimum atomic E-state index is -1.02. The molecule has 8 nitrogen and oxygen atoms in total. The summed E-state index contributed by atoms with van der Waals surface area (Å²) in [6.45, 7) is 2.86. The normalized spacial score (nSPS) is 9.86. The van der Waals surface area contributed by atoms with Gasteiger partial charge in [-0.3, -0.25) is 14.9 Å². The number of hydrogen-bond donors (Lipinski definition) is 0. The van der Waals surface area contributed by atoms with Crippen molar-refractivity contribution in [2.45, 2.75) is 46.0 Å². The maximum atomic E-state index is 12.5. The van der Waals surface area contributed by atoms with Gasteiger partial charge >= 0.3 is 11.7 Å². The number of benzene rings is 1. The van der Waals surface area contributed by atoms with Gasteiger partial charge in [0.05, 0.1) is 24.7 Å². The first kappa shape index (κ1) is 23.0. The van der Waals surface area contributed by atoms with Crippen molar-refractivity contribution in [2.24, 2.45) is 0 Å². The molecule has 0 N–H and O–H groups in total. The molecule has 1 aromatic rings. The van der Waals surface area contributed by atoms with Crippen molar-refractivity contribution in [3.63, 3.8) is 0 Å². The van der Waals surface area contributed by atoms with Gasteiger partial charge in [-0.15, -0.1) is 0 Å². The molecule has 0 atom stereocenters. The van der Waals surface area contributed by atoms with E-state index in [0.29, 0.717) is 6.42 Å². The summed E-state index contributed by atoms with van der Waals surface area (Å²) in [5.74, 6) is 4.20. The van der Waals surface area contributed by atoms with Gasteiger partial charge in [-0.25, -0.2) is 4.79 Å². The number of ketones is 1. The Hall–Kier alpha value is -3.08. The summed E-state index contributed by atoms with van der Waals surface area (Å²) in [5, 5.41) is 11.7. The van der Waals surface area contributed by atoms with Gasteiger partial charge in [0, 0.05) is 12.5 Å². The molecule has 0 amide bonds. The lowest BCUT2D eigenvalue weighted by Crippen LogP contribution is -2.15. The standard InChI is InChI=1S/C20H25NO7/c1-5-6-7-8-9-10-11-15-12-16(26-3)19(27-4)18(21(24)25)17(15)20(23)28-13-14(2)22/h12H,5-9,13H2,1-4H3. The largest absolute Gasteiger partial charge is 0.493 e. The summed E-state index contributed by atoms with van der Waals surface area (Å²) >= 11 is 0. The van der Waals surface area contributed by atoms with E-state index in [-0.39, 0.29) is 28.4 Å². The highest BCUT2D eigenvalue weighted by molar-refractivity contribution is 5.99. The van der Waals surface area contributed by atoms with E-state index in [4.69, 9.17) is 14.2 Å². The maximum absolute atomic E-state index is 12.5. The van der Waals surface area contributed by atoms with Crippen LogP contribution in [-0.2, 0) is 9.53 Å². The summed E-state index contributed by atoms with van der Waals surface area (Å²) in [5.41, 5.74) is -0.871. The van der Waals surface area contributed by atoms with Gasteiger partial charge in [0.2, 0.25) is 5.75 Å². The van der Waals surface area contributed by atoms with Crippen molar-refractivity contribution in [1.29, 1.82) is 0 Å². The Morgan fingerprint density at radius 3 is 2.43 bits per heavy atom. The number of ether oxygens (including phenoxy) is 3. The van der Waals surface area contributed by atoms with Crippen LogP contribution >= 0.6 is 0 Å². The van der Waals surface area contributed by atoms with E-state index < -0.39 is 23.2 Å². The van der Waals surface area contributed by atoms with Crippen LogP contribution in [0.2, 0.25) is 0 Å². The van der Waals surface area contributed by atoms with Crippen molar-refractivity contribution in [2.75, 3.05) is 20.8 Å². The van der Waals surface area contributed by atoms with Crippen LogP contribution < -0.4 is 9.47 Å². The number of nitro benzene ring substituents is 1. The van der Waals surface area contributed by atoms with Crippen molar-refractivity contribution in [3.05, 3.63) is 27.3 Å². The van der Waals surface area contributed by atoms with Gasteiger partial charge < -0.3 is 14.2 Å². The van der Waals surface area contributed by atoms with E-state index in [2.05, 4.69) is 18.8 Å². The summed E-state index contributed by atoms with van der Waals surface area (Å²) in [7, 11) is 2.56. The van der Waals surface area contributed by atoms with Gasteiger partial charge in [-0.05, 0) is 13.3 Å². The molecule has 0 aliphatic rings. The molecule has 0 unspecified atom stereocenters. The Morgan fingerprint density at radius 2 is 1.89 bits per heavy atom. The van der Waals surface area contributed by atoms with Crippen LogP contribution in [0.25, 0.3) is 0 Å². The summed E-state index contributed by atoms with van der Waals surface area (Å²) in [4.78, 5) is 34.5. The number of rotatable bonds is 10. The second-order valence-corrected chi connectivity index (χ2v) is 6.03. The quantitative estimate of drug-likeness (QED) is 0.197. The van der Waals surface area contributed by atoms with Gasteiger partial charge in [0.1, 0.15) is 6.61 Å². The molecule has 0 aromatic heterocycles. The minimum Gasteiger partial charge on any atom is -0.493 e. The first-order valence-electron chi connectivity index (χ1n) is 8.96. The number of nitro groups is 1. The molecule has 0 saturated carbocycles. The molecule has 0 aliphatic carbocycles. The molecule has 0 radical (unpaired) electrons. The van der Waals surface area contributed by atoms with E-state index in [0.717, 1.165) is 25.7 Å². The molecule has 0 fully saturated rings. The third kappa shape index (κ3) is 6.27. The maximum Gasteiger partial charge on any atom is 0.347 e. The van der Waals surface area contributed by atoms with Crippen molar-refractivity contribution < 1.29 is 28.7 Å². The molecule has 0 heterocycles. The number of carbonyl (C=O) groups is 2. The molecular formula is C20H25NO7. The van der Waals surface area contributed by atoms with Gasteiger partial charge in [0.25, 0.3) is 0 Å². The Balaban J connectivity index is 3.43.